The molecule has 2 aliphatic carbocycles. The third kappa shape index (κ3) is 1.36. The highest BCUT2D eigenvalue weighted by molar-refractivity contribution is 5.89. The number of aliphatic hydroxyl groups excluding tert-OH is 1. The normalized spacial score (nSPS) is 55.5. The molecule has 2 N–H and O–H groups in total. The van der Waals surface area contributed by atoms with Gasteiger partial charge in [-0.25, -0.2) is 0 Å². The number of aliphatic hydroxyl groups is 2. The molecule has 1 spiro atoms. The number of rotatable bonds is 0. The van der Waals surface area contributed by atoms with Crippen LogP contribution < -0.4 is 0 Å². The van der Waals surface area contributed by atoms with Crippen LogP contribution in [0.3, 0.4) is 0 Å². The maximum Gasteiger partial charge on any atom is 0.169 e. The predicted octanol–water partition coefficient (Wildman–Crippen LogP) is 0.952. The Hall–Kier alpha value is -0.450. The molecule has 6 atom stereocenters. The van der Waals surface area contributed by atoms with Crippen molar-refractivity contribution >= 4 is 5.78 Å². The Bertz CT molecular complexity index is 451. The molecule has 4 rings (SSSR count). The van der Waals surface area contributed by atoms with Crippen molar-refractivity contribution in [2.45, 2.75) is 62.7 Å². The van der Waals surface area contributed by atoms with Gasteiger partial charge in [0.1, 0.15) is 11.7 Å². The van der Waals surface area contributed by atoms with Gasteiger partial charge in [0.05, 0.1) is 0 Å². The van der Waals surface area contributed by atoms with E-state index in [1.165, 1.54) is 0 Å². The highest BCUT2D eigenvalue weighted by atomic mass is 16.3. The van der Waals surface area contributed by atoms with Crippen molar-refractivity contribution in [2.75, 3.05) is 13.1 Å². The van der Waals surface area contributed by atoms with Crippen molar-refractivity contribution in [2.24, 2.45) is 17.8 Å². The van der Waals surface area contributed by atoms with Crippen LogP contribution in [0.1, 0.15) is 45.4 Å². The third-order valence-corrected chi connectivity index (χ3v) is 6.68. The summed E-state index contributed by atoms with van der Waals surface area (Å²) in [6, 6.07) is 0. The molecular weight excluding hydrogens is 254 g/mol. The fourth-order valence-corrected chi connectivity index (χ4v) is 6.24. The van der Waals surface area contributed by atoms with Crippen molar-refractivity contribution in [3.63, 3.8) is 0 Å². The molecule has 0 amide bonds. The van der Waals surface area contributed by atoms with Crippen LogP contribution in [0.15, 0.2) is 0 Å². The second-order valence-electron chi connectivity index (χ2n) is 7.68. The molecule has 0 aromatic heterocycles. The van der Waals surface area contributed by atoms with Crippen LogP contribution in [0.4, 0.5) is 0 Å². The molecule has 2 saturated carbocycles. The molecule has 2 heterocycles. The number of carbonyl (C=O) groups is 1. The Morgan fingerprint density at radius 1 is 1.20 bits per heavy atom. The number of carbonyl (C=O) groups excluding carboxylic acids is 1. The van der Waals surface area contributed by atoms with Crippen LogP contribution in [0.25, 0.3) is 0 Å². The molecule has 4 fully saturated rings. The monoisotopic (exact) mass is 279 g/mol. The summed E-state index contributed by atoms with van der Waals surface area (Å²) in [7, 11) is 0. The highest BCUT2D eigenvalue weighted by Gasteiger charge is 2.70. The first kappa shape index (κ1) is 13.2. The molecule has 4 nitrogen and oxygen atoms in total. The van der Waals surface area contributed by atoms with Crippen LogP contribution >= 0.6 is 0 Å². The summed E-state index contributed by atoms with van der Waals surface area (Å²) in [6.45, 7) is 4.27. The van der Waals surface area contributed by atoms with Crippen molar-refractivity contribution in [3.05, 3.63) is 0 Å². The fraction of sp³-hybridized carbons (Fsp3) is 0.938. The Kier molecular flexibility index (Phi) is 2.68. The number of nitrogens with zero attached hydrogens (tertiary/aromatic N) is 1. The Labute approximate surface area is 120 Å². The van der Waals surface area contributed by atoms with Crippen molar-refractivity contribution in [3.8, 4) is 0 Å². The van der Waals surface area contributed by atoms with Crippen molar-refractivity contribution < 1.29 is 15.0 Å². The second kappa shape index (κ2) is 4.05. The summed E-state index contributed by atoms with van der Waals surface area (Å²) in [5, 5.41) is 21.7. The molecule has 112 valence electrons. The summed E-state index contributed by atoms with van der Waals surface area (Å²) in [5.74, 6) is 0.319. The Balaban J connectivity index is 1.90. The summed E-state index contributed by atoms with van der Waals surface area (Å²) in [4.78, 5) is 15.2. The molecule has 4 heteroatoms. The minimum absolute atomic E-state index is 0.0559. The number of hydrogen-bond acceptors (Lipinski definition) is 4. The third-order valence-electron chi connectivity index (χ3n) is 6.68. The smallest absolute Gasteiger partial charge is 0.169 e. The van der Waals surface area contributed by atoms with E-state index in [0.29, 0.717) is 12.3 Å². The first-order valence-electron chi connectivity index (χ1n) is 8.19. The van der Waals surface area contributed by atoms with E-state index < -0.39 is 11.7 Å². The van der Waals surface area contributed by atoms with Gasteiger partial charge >= 0.3 is 0 Å². The largest absolute Gasteiger partial charge is 0.386 e. The minimum atomic E-state index is -1.18. The lowest BCUT2D eigenvalue weighted by molar-refractivity contribution is -0.250. The van der Waals surface area contributed by atoms with Crippen LogP contribution in [0, 0.1) is 17.8 Å². The first-order valence-corrected chi connectivity index (χ1v) is 8.19. The quantitative estimate of drug-likeness (QED) is 0.693. The lowest BCUT2D eigenvalue weighted by Crippen LogP contribution is -2.79. The SMILES string of the molecule is CC1CC2(O)C(O)C(=O)C3CCCN4CCCC2C34C1. The van der Waals surface area contributed by atoms with Gasteiger partial charge < -0.3 is 10.2 Å². The van der Waals surface area contributed by atoms with Crippen LogP contribution in [-0.2, 0) is 4.79 Å². The summed E-state index contributed by atoms with van der Waals surface area (Å²) < 4.78 is 0. The zero-order chi connectivity index (χ0) is 14.1. The van der Waals surface area contributed by atoms with E-state index in [1.807, 2.05) is 0 Å². The van der Waals surface area contributed by atoms with E-state index in [1.54, 1.807) is 0 Å². The number of ketones is 1. The molecule has 4 aliphatic rings. The fourth-order valence-electron chi connectivity index (χ4n) is 6.24. The highest BCUT2D eigenvalue weighted by Crippen LogP contribution is 2.60. The maximum absolute atomic E-state index is 12.7. The lowest BCUT2D eigenvalue weighted by Gasteiger charge is -2.68. The van der Waals surface area contributed by atoms with Crippen LogP contribution in [0.5, 0.6) is 0 Å². The molecule has 2 aliphatic heterocycles. The zero-order valence-corrected chi connectivity index (χ0v) is 12.2. The molecule has 0 aromatic rings. The molecule has 0 radical (unpaired) electrons. The average molecular weight is 279 g/mol. The Morgan fingerprint density at radius 2 is 1.90 bits per heavy atom. The van der Waals surface area contributed by atoms with Gasteiger partial charge in [-0.05, 0) is 57.5 Å². The van der Waals surface area contributed by atoms with Gasteiger partial charge in [-0.2, -0.15) is 0 Å². The van der Waals surface area contributed by atoms with Crippen LogP contribution in [-0.4, -0.2) is 51.2 Å². The van der Waals surface area contributed by atoms with E-state index in [0.717, 1.165) is 45.2 Å². The summed E-state index contributed by atoms with van der Waals surface area (Å²) in [5.41, 5.74) is -1.33. The summed E-state index contributed by atoms with van der Waals surface area (Å²) in [6.07, 6.45) is 4.41. The molecule has 20 heavy (non-hydrogen) atoms. The van der Waals surface area contributed by atoms with E-state index in [9.17, 15) is 15.0 Å². The van der Waals surface area contributed by atoms with Crippen molar-refractivity contribution in [1.82, 2.24) is 4.90 Å². The number of hydrogen-bond donors (Lipinski definition) is 2. The van der Waals surface area contributed by atoms with Gasteiger partial charge in [-0.3, -0.25) is 9.69 Å². The standard InChI is InChI=1S/C16H25NO3/c1-10-8-15-11-4-2-6-17(15)7-3-5-12(15)16(20,9-10)14(19)13(11)18/h10-12,14,19-20H,2-9H2,1H3. The van der Waals surface area contributed by atoms with Gasteiger partial charge in [-0.15, -0.1) is 0 Å². The zero-order valence-electron chi connectivity index (χ0n) is 12.2. The molecule has 0 aromatic carbocycles. The summed E-state index contributed by atoms with van der Waals surface area (Å²) >= 11 is 0. The van der Waals surface area contributed by atoms with Gasteiger partial charge in [-0.1, -0.05) is 6.92 Å². The van der Waals surface area contributed by atoms with Gasteiger partial charge in [0, 0.05) is 17.4 Å². The predicted molar refractivity (Wildman–Crippen MR) is 74.1 cm³/mol. The van der Waals surface area contributed by atoms with E-state index >= 15 is 0 Å². The lowest BCUT2D eigenvalue weighted by atomic mass is 9.46. The average Bonchev–Trinajstić information content (AvgIpc) is 2.42. The number of piperidine rings is 2. The molecule has 2 bridgehead atoms. The van der Waals surface area contributed by atoms with Gasteiger partial charge in [0.15, 0.2) is 5.78 Å². The molecule has 2 saturated heterocycles. The molecular formula is C16H25NO3. The minimum Gasteiger partial charge on any atom is -0.386 e. The van der Waals surface area contributed by atoms with Gasteiger partial charge in [0.2, 0.25) is 0 Å². The Morgan fingerprint density at radius 3 is 2.65 bits per heavy atom. The topological polar surface area (TPSA) is 60.8 Å². The van der Waals surface area contributed by atoms with Crippen LogP contribution in [0.2, 0.25) is 0 Å². The first-order chi connectivity index (χ1) is 9.50. The van der Waals surface area contributed by atoms with E-state index in [-0.39, 0.29) is 23.2 Å². The van der Waals surface area contributed by atoms with E-state index in [4.69, 9.17) is 0 Å². The van der Waals surface area contributed by atoms with Gasteiger partial charge in [0.25, 0.3) is 0 Å². The van der Waals surface area contributed by atoms with E-state index in [2.05, 4.69) is 11.8 Å². The van der Waals surface area contributed by atoms with Crippen molar-refractivity contribution in [1.29, 1.82) is 0 Å². The maximum atomic E-state index is 12.7. The number of Topliss-reactive ketones (excluding diaryl/α,β-unsaturated/α-hetero) is 1. The molecule has 6 unspecified atom stereocenters. The second-order valence-corrected chi connectivity index (χ2v) is 7.68.